The molecule has 1 heterocycles. The van der Waals surface area contributed by atoms with E-state index in [1.165, 1.54) is 12.1 Å². The van der Waals surface area contributed by atoms with E-state index in [0.29, 0.717) is 17.1 Å². The Balaban J connectivity index is 2.18. The molecule has 0 amide bonds. The van der Waals surface area contributed by atoms with Crippen molar-refractivity contribution in [3.8, 4) is 0 Å². The molecule has 7 heteroatoms. The molecule has 1 aromatic heterocycles. The van der Waals surface area contributed by atoms with Crippen molar-refractivity contribution in [1.82, 2.24) is 4.98 Å². The van der Waals surface area contributed by atoms with Gasteiger partial charge < -0.3 is 9.73 Å². The predicted molar refractivity (Wildman–Crippen MR) is 86.0 cm³/mol. The summed E-state index contributed by atoms with van der Waals surface area (Å²) in [6.07, 6.45) is 4.19. The zero-order valence-corrected chi connectivity index (χ0v) is 13.2. The molecule has 0 unspecified atom stereocenters. The average Bonchev–Trinajstić information content (AvgIpc) is 2.91. The number of non-ortho nitro benzene ring substituents is 1. The second-order valence-corrected chi connectivity index (χ2v) is 6.15. The number of nitro groups is 1. The van der Waals surface area contributed by atoms with Crippen molar-refractivity contribution in [3.05, 3.63) is 28.3 Å². The first kappa shape index (κ1) is 15.6. The summed E-state index contributed by atoms with van der Waals surface area (Å²) in [5.74, 6) is 0. The van der Waals surface area contributed by atoms with E-state index >= 15 is 0 Å². The van der Waals surface area contributed by atoms with Crippen LogP contribution in [-0.2, 0) is 0 Å². The molecule has 21 heavy (non-hydrogen) atoms. The Morgan fingerprint density at radius 2 is 2.14 bits per heavy atom. The van der Waals surface area contributed by atoms with Gasteiger partial charge in [-0.3, -0.25) is 10.1 Å². The third kappa shape index (κ3) is 3.29. The first-order valence-electron chi connectivity index (χ1n) is 6.87. The Bertz CT molecular complexity index is 629. The van der Waals surface area contributed by atoms with Gasteiger partial charge in [-0.15, -0.1) is 0 Å². The van der Waals surface area contributed by atoms with Gasteiger partial charge in [0.2, 0.25) is 0 Å². The summed E-state index contributed by atoms with van der Waals surface area (Å²) >= 11 is 1.83. The Morgan fingerprint density at radius 3 is 2.71 bits per heavy atom. The van der Waals surface area contributed by atoms with Crippen molar-refractivity contribution < 1.29 is 9.34 Å². The van der Waals surface area contributed by atoms with Crippen molar-refractivity contribution >= 4 is 34.6 Å². The molecular formula is C14H19N3O3S. The van der Waals surface area contributed by atoms with Gasteiger partial charge in [0.25, 0.3) is 11.7 Å². The Kier molecular flexibility index (Phi) is 4.72. The summed E-state index contributed by atoms with van der Waals surface area (Å²) in [4.78, 5) is 14.6. The molecule has 0 saturated carbocycles. The van der Waals surface area contributed by atoms with E-state index in [1.54, 1.807) is 6.07 Å². The lowest BCUT2D eigenvalue weighted by Crippen LogP contribution is -2.32. The summed E-state index contributed by atoms with van der Waals surface area (Å²) in [7, 11) is 0. The highest BCUT2D eigenvalue weighted by Crippen LogP contribution is 2.31. The van der Waals surface area contributed by atoms with E-state index in [0.717, 1.165) is 19.4 Å². The minimum atomic E-state index is -0.442. The van der Waals surface area contributed by atoms with Gasteiger partial charge >= 0.3 is 0 Å². The van der Waals surface area contributed by atoms with E-state index in [-0.39, 0.29) is 10.4 Å². The molecule has 0 atom stereocenters. The summed E-state index contributed by atoms with van der Waals surface area (Å²) in [6.45, 7) is 5.07. The van der Waals surface area contributed by atoms with Crippen LogP contribution in [0, 0.1) is 10.1 Å². The standard InChI is InChI=1S/C14H19N3O3S/c1-4-14(5-2,21-3)9-15-13-16-11-7-6-10(17(18)19)8-12(11)20-13/h6-8H,4-5,9H2,1-3H3,(H,15,16). The minimum absolute atomic E-state index is 0.00535. The molecule has 0 aliphatic heterocycles. The SMILES string of the molecule is CCC(CC)(CNc1nc2ccc([N+](=O)[O-])cc2o1)SC. The average molecular weight is 309 g/mol. The topological polar surface area (TPSA) is 81.2 Å². The quantitative estimate of drug-likeness (QED) is 0.613. The number of nitrogens with one attached hydrogen (secondary N) is 1. The fourth-order valence-electron chi connectivity index (χ4n) is 2.20. The molecular weight excluding hydrogens is 290 g/mol. The van der Waals surface area contributed by atoms with Gasteiger partial charge in [-0.05, 0) is 25.2 Å². The molecule has 1 N–H and O–H groups in total. The third-order valence-electron chi connectivity index (χ3n) is 3.87. The third-order valence-corrected chi connectivity index (χ3v) is 5.45. The van der Waals surface area contributed by atoms with E-state index in [4.69, 9.17) is 4.42 Å². The second-order valence-electron chi connectivity index (χ2n) is 4.88. The first-order valence-corrected chi connectivity index (χ1v) is 8.10. The van der Waals surface area contributed by atoms with E-state index in [2.05, 4.69) is 30.4 Å². The van der Waals surface area contributed by atoms with Gasteiger partial charge in [0, 0.05) is 17.4 Å². The summed E-state index contributed by atoms with van der Waals surface area (Å²) < 4.78 is 5.70. The Morgan fingerprint density at radius 1 is 1.43 bits per heavy atom. The smallest absolute Gasteiger partial charge is 0.295 e. The molecule has 2 aromatic rings. The van der Waals surface area contributed by atoms with Crippen molar-refractivity contribution in [1.29, 1.82) is 0 Å². The van der Waals surface area contributed by atoms with Gasteiger partial charge in [0.15, 0.2) is 5.58 Å². The molecule has 1 aromatic carbocycles. The van der Waals surface area contributed by atoms with Crippen LogP contribution < -0.4 is 5.32 Å². The number of nitro benzene ring substituents is 1. The molecule has 6 nitrogen and oxygen atoms in total. The predicted octanol–water partition coefficient (Wildman–Crippen LogP) is 4.07. The summed E-state index contributed by atoms with van der Waals surface area (Å²) in [6, 6.07) is 4.84. The molecule has 0 aliphatic carbocycles. The van der Waals surface area contributed by atoms with Crippen LogP contribution in [0.3, 0.4) is 0 Å². The lowest BCUT2D eigenvalue weighted by molar-refractivity contribution is -0.384. The van der Waals surface area contributed by atoms with Crippen molar-refractivity contribution in [2.75, 3.05) is 18.1 Å². The summed E-state index contributed by atoms with van der Waals surface area (Å²) in [5, 5.41) is 14.0. The van der Waals surface area contributed by atoms with Crippen LogP contribution in [0.5, 0.6) is 0 Å². The number of aromatic nitrogens is 1. The zero-order chi connectivity index (χ0) is 15.5. The fraction of sp³-hybridized carbons (Fsp3) is 0.500. The number of anilines is 1. The molecule has 0 spiro atoms. The molecule has 2 rings (SSSR count). The number of hydrogen-bond acceptors (Lipinski definition) is 6. The number of hydrogen-bond donors (Lipinski definition) is 1. The molecule has 0 saturated heterocycles. The van der Waals surface area contributed by atoms with Gasteiger partial charge in [0.1, 0.15) is 5.52 Å². The molecule has 0 bridgehead atoms. The van der Waals surface area contributed by atoms with Crippen molar-refractivity contribution in [2.45, 2.75) is 31.4 Å². The molecule has 0 aliphatic rings. The van der Waals surface area contributed by atoms with Crippen LogP contribution >= 0.6 is 11.8 Å². The molecule has 114 valence electrons. The Hall–Kier alpha value is -1.76. The highest BCUT2D eigenvalue weighted by molar-refractivity contribution is 8.00. The van der Waals surface area contributed by atoms with Crippen LogP contribution in [0.15, 0.2) is 22.6 Å². The van der Waals surface area contributed by atoms with Crippen LogP contribution in [0.1, 0.15) is 26.7 Å². The fourth-order valence-corrected chi connectivity index (χ4v) is 2.99. The van der Waals surface area contributed by atoms with Gasteiger partial charge in [-0.2, -0.15) is 16.7 Å². The molecule has 0 fully saturated rings. The monoisotopic (exact) mass is 309 g/mol. The first-order chi connectivity index (χ1) is 10.0. The maximum absolute atomic E-state index is 10.8. The number of benzene rings is 1. The van der Waals surface area contributed by atoms with Gasteiger partial charge in [0.05, 0.1) is 11.0 Å². The lowest BCUT2D eigenvalue weighted by atomic mass is 10.0. The number of oxazole rings is 1. The highest BCUT2D eigenvalue weighted by Gasteiger charge is 2.25. The number of thioether (sulfide) groups is 1. The van der Waals surface area contributed by atoms with E-state index in [1.807, 2.05) is 11.8 Å². The number of rotatable bonds is 7. The number of fused-ring (bicyclic) bond motifs is 1. The van der Waals surface area contributed by atoms with Crippen LogP contribution in [0.25, 0.3) is 11.1 Å². The van der Waals surface area contributed by atoms with Crippen LogP contribution in [-0.4, -0.2) is 27.5 Å². The van der Waals surface area contributed by atoms with Crippen LogP contribution in [0.2, 0.25) is 0 Å². The highest BCUT2D eigenvalue weighted by atomic mass is 32.2. The van der Waals surface area contributed by atoms with Crippen molar-refractivity contribution in [3.63, 3.8) is 0 Å². The van der Waals surface area contributed by atoms with E-state index < -0.39 is 4.92 Å². The van der Waals surface area contributed by atoms with E-state index in [9.17, 15) is 10.1 Å². The second kappa shape index (κ2) is 6.34. The maximum atomic E-state index is 10.8. The summed E-state index contributed by atoms with van der Waals surface area (Å²) in [5.41, 5.74) is 1.05. The van der Waals surface area contributed by atoms with Crippen LogP contribution in [0.4, 0.5) is 11.7 Å². The maximum Gasteiger partial charge on any atom is 0.295 e. The normalized spacial score (nSPS) is 11.8. The van der Waals surface area contributed by atoms with Gasteiger partial charge in [-0.25, -0.2) is 0 Å². The molecule has 0 radical (unpaired) electrons. The van der Waals surface area contributed by atoms with Gasteiger partial charge in [-0.1, -0.05) is 13.8 Å². The minimum Gasteiger partial charge on any atom is -0.423 e. The largest absolute Gasteiger partial charge is 0.423 e. The lowest BCUT2D eigenvalue weighted by Gasteiger charge is -2.29. The number of nitrogens with zero attached hydrogens (tertiary/aromatic N) is 2. The Labute approximate surface area is 127 Å². The zero-order valence-electron chi connectivity index (χ0n) is 12.4. The van der Waals surface area contributed by atoms with Crippen molar-refractivity contribution in [2.24, 2.45) is 0 Å².